The second-order valence-corrected chi connectivity index (χ2v) is 8.24. The Morgan fingerprint density at radius 2 is 1.30 bits per heavy atom. The third kappa shape index (κ3) is 18.9. The minimum atomic E-state index is -1.20. The van der Waals surface area contributed by atoms with Gasteiger partial charge in [0, 0.05) is 25.2 Å². The van der Waals surface area contributed by atoms with E-state index in [4.69, 9.17) is 9.84 Å². The minimum Gasteiger partial charge on any atom is -0.550 e. The van der Waals surface area contributed by atoms with Gasteiger partial charge in [0.25, 0.3) is 0 Å². The monoisotopic (exact) mass is 387 g/mol. The second kappa shape index (κ2) is 14.4. The van der Waals surface area contributed by atoms with Crippen LogP contribution < -0.4 is 5.11 Å². The Kier molecular flexibility index (Phi) is 13.6. The summed E-state index contributed by atoms with van der Waals surface area (Å²) in [6.45, 7) is 0.437. The van der Waals surface area contributed by atoms with Crippen LogP contribution in [0.15, 0.2) is 0 Å². The Balaban J connectivity index is 3.71. The second-order valence-electron chi connectivity index (χ2n) is 8.24. The van der Waals surface area contributed by atoms with E-state index in [-0.39, 0.29) is 18.8 Å². The van der Waals surface area contributed by atoms with Crippen LogP contribution in [0.1, 0.15) is 77.0 Å². The zero-order valence-corrected chi connectivity index (χ0v) is 17.2. The highest BCUT2D eigenvalue weighted by molar-refractivity contribution is 5.70. The van der Waals surface area contributed by atoms with Crippen molar-refractivity contribution in [1.82, 2.24) is 0 Å². The third-order valence-corrected chi connectivity index (χ3v) is 4.22. The van der Waals surface area contributed by atoms with Crippen LogP contribution in [0.5, 0.6) is 0 Å². The van der Waals surface area contributed by atoms with Crippen LogP contribution in [0.4, 0.5) is 0 Å². The number of hydrogen-bond acceptors (Lipinski definition) is 5. The molecule has 0 spiro atoms. The highest BCUT2D eigenvalue weighted by atomic mass is 16.5. The van der Waals surface area contributed by atoms with E-state index in [1.165, 1.54) is 0 Å². The van der Waals surface area contributed by atoms with Gasteiger partial charge in [0.1, 0.15) is 6.54 Å². The summed E-state index contributed by atoms with van der Waals surface area (Å²) >= 11 is 0. The molecular weight excluding hydrogens is 350 g/mol. The number of quaternary nitrogens is 1. The van der Waals surface area contributed by atoms with Gasteiger partial charge < -0.3 is 24.2 Å². The van der Waals surface area contributed by atoms with Gasteiger partial charge in [0.05, 0.1) is 21.1 Å². The van der Waals surface area contributed by atoms with Crippen molar-refractivity contribution in [3.8, 4) is 0 Å². The van der Waals surface area contributed by atoms with Gasteiger partial charge in [-0.1, -0.05) is 44.9 Å². The first kappa shape index (κ1) is 25.4. The number of rotatable bonds is 17. The Morgan fingerprint density at radius 3 is 1.70 bits per heavy atom. The molecule has 0 amide bonds. The zero-order valence-electron chi connectivity index (χ0n) is 17.2. The van der Waals surface area contributed by atoms with Gasteiger partial charge in [0.15, 0.2) is 6.10 Å². The molecule has 158 valence electrons. The van der Waals surface area contributed by atoms with Crippen molar-refractivity contribution in [1.29, 1.82) is 0 Å². The van der Waals surface area contributed by atoms with Gasteiger partial charge in [0.2, 0.25) is 0 Å². The van der Waals surface area contributed by atoms with Crippen LogP contribution >= 0.6 is 0 Å². The molecule has 0 aromatic rings. The Labute approximate surface area is 163 Å². The number of esters is 1. The Hall–Kier alpha value is -1.63. The molecule has 0 saturated heterocycles. The van der Waals surface area contributed by atoms with Crippen LogP contribution in [0.3, 0.4) is 0 Å². The molecular formula is C20H37NO6. The topological polar surface area (TPSA) is 104 Å². The summed E-state index contributed by atoms with van der Waals surface area (Å²) in [5.74, 6) is -2.27. The van der Waals surface area contributed by atoms with E-state index in [1.807, 2.05) is 21.1 Å². The first-order valence-electron chi connectivity index (χ1n) is 10.0. The van der Waals surface area contributed by atoms with E-state index in [9.17, 15) is 19.5 Å². The lowest BCUT2D eigenvalue weighted by Gasteiger charge is -2.29. The highest BCUT2D eigenvalue weighted by Crippen LogP contribution is 2.12. The number of nitrogens with zero attached hydrogens (tertiary/aromatic N) is 1. The summed E-state index contributed by atoms with van der Waals surface area (Å²) in [6, 6.07) is 0. The summed E-state index contributed by atoms with van der Waals surface area (Å²) in [5.41, 5.74) is 0. The first-order valence-corrected chi connectivity index (χ1v) is 10.0. The fraction of sp³-hybridized carbons (Fsp3) is 0.850. The molecule has 0 aromatic heterocycles. The molecule has 0 unspecified atom stereocenters. The van der Waals surface area contributed by atoms with Gasteiger partial charge >= 0.3 is 11.9 Å². The molecule has 0 radical (unpaired) electrons. The highest BCUT2D eigenvalue weighted by Gasteiger charge is 2.22. The molecule has 0 fully saturated rings. The maximum Gasteiger partial charge on any atom is 0.306 e. The maximum absolute atomic E-state index is 11.9. The van der Waals surface area contributed by atoms with E-state index < -0.39 is 18.0 Å². The van der Waals surface area contributed by atoms with Crippen molar-refractivity contribution in [2.75, 3.05) is 27.7 Å². The van der Waals surface area contributed by atoms with E-state index in [0.29, 0.717) is 17.4 Å². The number of carboxylic acid groups (broad SMARTS) is 2. The molecule has 0 bridgehead atoms. The Bertz CT molecular complexity index is 444. The van der Waals surface area contributed by atoms with Crippen LogP contribution in [0.25, 0.3) is 0 Å². The van der Waals surface area contributed by atoms with Gasteiger partial charge in [-0.25, -0.2) is 0 Å². The average Bonchev–Trinajstić information content (AvgIpc) is 2.49. The lowest BCUT2D eigenvalue weighted by atomic mass is 10.1. The summed E-state index contributed by atoms with van der Waals surface area (Å²) in [4.78, 5) is 33.1. The quantitative estimate of drug-likeness (QED) is 0.233. The molecule has 0 heterocycles. The number of unbranched alkanes of at least 4 members (excludes halogenated alkanes) is 8. The molecule has 7 heteroatoms. The molecule has 0 aliphatic heterocycles. The fourth-order valence-electron chi connectivity index (χ4n) is 2.97. The van der Waals surface area contributed by atoms with E-state index in [2.05, 4.69) is 0 Å². The van der Waals surface area contributed by atoms with Crippen LogP contribution in [0, 0.1) is 0 Å². The molecule has 0 aliphatic carbocycles. The number of aliphatic carboxylic acids is 2. The van der Waals surface area contributed by atoms with Gasteiger partial charge in [-0.3, -0.25) is 9.59 Å². The molecule has 27 heavy (non-hydrogen) atoms. The summed E-state index contributed by atoms with van der Waals surface area (Å²) < 4.78 is 5.84. The molecule has 0 rings (SSSR count). The fourth-order valence-corrected chi connectivity index (χ4v) is 2.97. The standard InChI is InChI=1S/C20H37NO6/c1-21(2,3)16-17(15-19(24)25)27-20(26)14-12-10-8-6-4-5-7-9-11-13-18(22)23/h17H,4-16H2,1-3H3,(H-,22,23,24,25)/t17-/m1/s1. The largest absolute Gasteiger partial charge is 0.550 e. The van der Waals surface area contributed by atoms with Crippen LogP contribution in [0.2, 0.25) is 0 Å². The summed E-state index contributed by atoms with van der Waals surface area (Å²) in [5, 5.41) is 19.4. The lowest BCUT2D eigenvalue weighted by molar-refractivity contribution is -0.873. The molecule has 0 aliphatic rings. The van der Waals surface area contributed by atoms with Crippen molar-refractivity contribution in [2.24, 2.45) is 0 Å². The predicted molar refractivity (Wildman–Crippen MR) is 101 cm³/mol. The minimum absolute atomic E-state index is 0.259. The molecule has 1 N–H and O–H groups in total. The predicted octanol–water partition coefficient (Wildman–Crippen LogP) is 2.12. The van der Waals surface area contributed by atoms with Crippen molar-refractivity contribution >= 4 is 17.9 Å². The van der Waals surface area contributed by atoms with Crippen molar-refractivity contribution in [2.45, 2.75) is 83.2 Å². The van der Waals surface area contributed by atoms with E-state index in [0.717, 1.165) is 57.8 Å². The third-order valence-electron chi connectivity index (χ3n) is 4.22. The van der Waals surface area contributed by atoms with Gasteiger partial charge in [-0.05, 0) is 12.8 Å². The van der Waals surface area contributed by atoms with E-state index in [1.54, 1.807) is 0 Å². The van der Waals surface area contributed by atoms with Crippen molar-refractivity contribution < 1.29 is 33.8 Å². The van der Waals surface area contributed by atoms with Crippen LogP contribution in [-0.4, -0.2) is 61.3 Å². The van der Waals surface area contributed by atoms with Crippen molar-refractivity contribution in [3.63, 3.8) is 0 Å². The molecule has 1 atom stereocenters. The molecule has 0 aromatic carbocycles. The maximum atomic E-state index is 11.9. The number of likely N-dealkylation sites (N-methyl/N-ethyl adjacent to an activating group) is 1. The van der Waals surface area contributed by atoms with Gasteiger partial charge in [-0.2, -0.15) is 0 Å². The number of hydrogen-bond donors (Lipinski definition) is 1. The normalized spacial score (nSPS) is 12.6. The molecule has 7 nitrogen and oxygen atoms in total. The number of carbonyl (C=O) groups is 3. The first-order chi connectivity index (χ1) is 12.6. The zero-order chi connectivity index (χ0) is 20.7. The van der Waals surface area contributed by atoms with Crippen molar-refractivity contribution in [3.05, 3.63) is 0 Å². The number of ether oxygens (including phenoxy) is 1. The smallest absolute Gasteiger partial charge is 0.306 e. The van der Waals surface area contributed by atoms with Gasteiger partial charge in [-0.15, -0.1) is 0 Å². The van der Waals surface area contributed by atoms with Crippen LogP contribution in [-0.2, 0) is 19.1 Å². The Morgan fingerprint density at radius 1 is 0.852 bits per heavy atom. The van der Waals surface area contributed by atoms with E-state index >= 15 is 0 Å². The number of carboxylic acids is 2. The average molecular weight is 388 g/mol. The SMILES string of the molecule is C[N+](C)(C)C[C@@H](CC(=O)[O-])OC(=O)CCCCCCCCCCCC(=O)O. The summed E-state index contributed by atoms with van der Waals surface area (Å²) in [7, 11) is 5.76. The summed E-state index contributed by atoms with van der Waals surface area (Å²) in [6.07, 6.45) is 8.59. The molecule has 0 saturated carbocycles. The lowest BCUT2D eigenvalue weighted by Crippen LogP contribution is -2.45. The number of carbonyl (C=O) groups excluding carboxylic acids is 2.